The van der Waals surface area contributed by atoms with Crippen LogP contribution in [0.15, 0.2) is 18.2 Å². The number of amides is 1. The summed E-state index contributed by atoms with van der Waals surface area (Å²) in [5.74, 6) is -1.48. The zero-order valence-corrected chi connectivity index (χ0v) is 10.9. The van der Waals surface area contributed by atoms with Gasteiger partial charge in [-0.15, -0.1) is 11.6 Å². The van der Waals surface area contributed by atoms with Gasteiger partial charge in [0.25, 0.3) is 5.91 Å². The molecule has 0 fully saturated rings. The molecule has 0 saturated carbocycles. The fraction of sp³-hybridized carbons (Fsp3) is 0.462. The van der Waals surface area contributed by atoms with Crippen molar-refractivity contribution in [3.63, 3.8) is 0 Å². The maximum absolute atomic E-state index is 13.3. The number of nitrogens with one attached hydrogen (secondary N) is 1. The number of benzene rings is 1. The van der Waals surface area contributed by atoms with E-state index in [9.17, 15) is 13.6 Å². The number of halogens is 3. The molecule has 100 valence electrons. The van der Waals surface area contributed by atoms with Gasteiger partial charge in [-0.2, -0.15) is 0 Å². The summed E-state index contributed by atoms with van der Waals surface area (Å²) in [7, 11) is 0. The summed E-state index contributed by atoms with van der Waals surface area (Å²) in [5, 5.41) is 2.50. The summed E-state index contributed by atoms with van der Waals surface area (Å²) in [6, 6.07) is 3.35. The van der Waals surface area contributed by atoms with E-state index in [2.05, 4.69) is 5.32 Å². The van der Waals surface area contributed by atoms with E-state index in [1.807, 2.05) is 6.92 Å². The Balaban J connectivity index is 2.46. The molecule has 1 atom stereocenters. The SMILES string of the molecule is CC(CCl)CCCNC(=O)c1c(F)cccc1F. The van der Waals surface area contributed by atoms with Crippen molar-refractivity contribution in [1.29, 1.82) is 0 Å². The molecule has 0 aromatic heterocycles. The number of hydrogen-bond donors (Lipinski definition) is 1. The van der Waals surface area contributed by atoms with Crippen LogP contribution in [0.5, 0.6) is 0 Å². The van der Waals surface area contributed by atoms with Gasteiger partial charge < -0.3 is 5.32 Å². The first-order valence-corrected chi connectivity index (χ1v) is 6.38. The summed E-state index contributed by atoms with van der Waals surface area (Å²) < 4.78 is 26.5. The zero-order valence-electron chi connectivity index (χ0n) is 10.2. The van der Waals surface area contributed by atoms with Crippen LogP contribution < -0.4 is 5.32 Å². The molecule has 0 aliphatic rings. The van der Waals surface area contributed by atoms with Crippen molar-refractivity contribution in [2.45, 2.75) is 19.8 Å². The van der Waals surface area contributed by atoms with Gasteiger partial charge in [-0.05, 0) is 30.9 Å². The molecule has 0 radical (unpaired) electrons. The van der Waals surface area contributed by atoms with Gasteiger partial charge in [0, 0.05) is 12.4 Å². The average Bonchev–Trinajstić information content (AvgIpc) is 2.34. The Labute approximate surface area is 110 Å². The van der Waals surface area contributed by atoms with E-state index in [1.165, 1.54) is 6.07 Å². The number of rotatable bonds is 6. The van der Waals surface area contributed by atoms with Crippen molar-refractivity contribution >= 4 is 17.5 Å². The topological polar surface area (TPSA) is 29.1 Å². The number of hydrogen-bond acceptors (Lipinski definition) is 1. The minimum Gasteiger partial charge on any atom is -0.352 e. The number of alkyl halides is 1. The molecule has 0 aliphatic heterocycles. The first-order chi connectivity index (χ1) is 8.56. The zero-order chi connectivity index (χ0) is 13.5. The summed E-state index contributed by atoms with van der Waals surface area (Å²) in [6.45, 7) is 2.39. The molecular formula is C13H16ClF2NO. The maximum Gasteiger partial charge on any atom is 0.257 e. The highest BCUT2D eigenvalue weighted by Crippen LogP contribution is 2.12. The predicted octanol–water partition coefficient (Wildman–Crippen LogP) is 3.35. The van der Waals surface area contributed by atoms with Crippen molar-refractivity contribution in [3.05, 3.63) is 35.4 Å². The summed E-state index contributed by atoms with van der Waals surface area (Å²) in [6.07, 6.45) is 1.60. The second-order valence-electron chi connectivity index (χ2n) is 4.25. The second kappa shape index (κ2) is 7.31. The smallest absolute Gasteiger partial charge is 0.257 e. The summed E-state index contributed by atoms with van der Waals surface area (Å²) in [5.41, 5.74) is -0.525. The quantitative estimate of drug-likeness (QED) is 0.626. The van der Waals surface area contributed by atoms with Gasteiger partial charge in [0.05, 0.1) is 0 Å². The Hall–Kier alpha value is -1.16. The molecule has 18 heavy (non-hydrogen) atoms. The first kappa shape index (κ1) is 14.9. The molecule has 0 aliphatic carbocycles. The Kier molecular flexibility index (Phi) is 6.05. The number of carbonyl (C=O) groups is 1. The summed E-state index contributed by atoms with van der Waals surface area (Å²) in [4.78, 5) is 11.6. The van der Waals surface area contributed by atoms with Crippen LogP contribution in [0.2, 0.25) is 0 Å². The third-order valence-electron chi connectivity index (χ3n) is 2.61. The molecule has 2 nitrogen and oxygen atoms in total. The average molecular weight is 276 g/mol. The Morgan fingerprint density at radius 1 is 1.39 bits per heavy atom. The van der Waals surface area contributed by atoms with E-state index in [0.717, 1.165) is 25.0 Å². The predicted molar refractivity (Wildman–Crippen MR) is 67.8 cm³/mol. The molecule has 1 aromatic carbocycles. The van der Waals surface area contributed by atoms with Crippen molar-refractivity contribution in [2.75, 3.05) is 12.4 Å². The normalized spacial score (nSPS) is 12.2. The van der Waals surface area contributed by atoms with Crippen LogP contribution >= 0.6 is 11.6 Å². The molecular weight excluding hydrogens is 260 g/mol. The lowest BCUT2D eigenvalue weighted by Gasteiger charge is -2.09. The van der Waals surface area contributed by atoms with Gasteiger partial charge in [-0.1, -0.05) is 13.0 Å². The van der Waals surface area contributed by atoms with Crippen molar-refractivity contribution in [2.24, 2.45) is 5.92 Å². The lowest BCUT2D eigenvalue weighted by molar-refractivity contribution is 0.0944. The van der Waals surface area contributed by atoms with E-state index in [-0.39, 0.29) is 0 Å². The molecule has 1 N–H and O–H groups in total. The molecule has 1 unspecified atom stereocenters. The van der Waals surface area contributed by atoms with Crippen LogP contribution in [-0.4, -0.2) is 18.3 Å². The molecule has 1 aromatic rings. The maximum atomic E-state index is 13.3. The Morgan fingerprint density at radius 2 is 2.00 bits per heavy atom. The van der Waals surface area contributed by atoms with Crippen LogP contribution in [0.1, 0.15) is 30.1 Å². The minimum absolute atomic E-state index is 0.369. The van der Waals surface area contributed by atoms with Crippen LogP contribution in [0, 0.1) is 17.6 Å². The highest BCUT2D eigenvalue weighted by Gasteiger charge is 2.16. The van der Waals surface area contributed by atoms with Gasteiger partial charge in [-0.3, -0.25) is 4.79 Å². The fourth-order valence-corrected chi connectivity index (χ4v) is 1.69. The monoisotopic (exact) mass is 275 g/mol. The standard InChI is InChI=1S/C13H16ClF2NO/c1-9(8-14)4-3-7-17-13(18)12-10(15)5-2-6-11(12)16/h2,5-6,9H,3-4,7-8H2,1H3,(H,17,18). The van der Waals surface area contributed by atoms with Gasteiger partial charge in [0.2, 0.25) is 0 Å². The van der Waals surface area contributed by atoms with Crippen molar-refractivity contribution in [1.82, 2.24) is 5.32 Å². The minimum atomic E-state index is -0.846. The van der Waals surface area contributed by atoms with Gasteiger partial charge in [0.1, 0.15) is 17.2 Å². The molecule has 0 saturated heterocycles. The van der Waals surface area contributed by atoms with Crippen LogP contribution in [0.25, 0.3) is 0 Å². The first-order valence-electron chi connectivity index (χ1n) is 5.84. The van der Waals surface area contributed by atoms with E-state index in [0.29, 0.717) is 18.3 Å². The highest BCUT2D eigenvalue weighted by molar-refractivity contribution is 6.18. The van der Waals surface area contributed by atoms with Crippen LogP contribution in [0.4, 0.5) is 8.78 Å². The molecule has 0 heterocycles. The summed E-state index contributed by atoms with van der Waals surface area (Å²) >= 11 is 5.64. The lowest BCUT2D eigenvalue weighted by atomic mass is 10.1. The van der Waals surface area contributed by atoms with Gasteiger partial charge in [-0.25, -0.2) is 8.78 Å². The lowest BCUT2D eigenvalue weighted by Crippen LogP contribution is -2.26. The van der Waals surface area contributed by atoms with Gasteiger partial charge in [0.15, 0.2) is 0 Å². The largest absolute Gasteiger partial charge is 0.352 e. The Bertz CT molecular complexity index is 392. The molecule has 0 bridgehead atoms. The van der Waals surface area contributed by atoms with E-state index >= 15 is 0 Å². The fourth-order valence-electron chi connectivity index (χ4n) is 1.53. The van der Waals surface area contributed by atoms with E-state index in [4.69, 9.17) is 11.6 Å². The number of carbonyl (C=O) groups excluding carboxylic acids is 1. The van der Waals surface area contributed by atoms with Crippen molar-refractivity contribution in [3.8, 4) is 0 Å². The molecule has 0 spiro atoms. The van der Waals surface area contributed by atoms with Crippen molar-refractivity contribution < 1.29 is 13.6 Å². The van der Waals surface area contributed by atoms with E-state index < -0.39 is 23.1 Å². The second-order valence-corrected chi connectivity index (χ2v) is 4.56. The third-order valence-corrected chi connectivity index (χ3v) is 3.14. The van der Waals surface area contributed by atoms with E-state index in [1.54, 1.807) is 0 Å². The molecule has 1 rings (SSSR count). The molecule has 1 amide bonds. The Morgan fingerprint density at radius 3 is 2.56 bits per heavy atom. The highest BCUT2D eigenvalue weighted by atomic mass is 35.5. The van der Waals surface area contributed by atoms with Gasteiger partial charge >= 0.3 is 0 Å². The van der Waals surface area contributed by atoms with Crippen LogP contribution in [-0.2, 0) is 0 Å². The molecule has 5 heteroatoms. The third kappa shape index (κ3) is 4.26. The van der Waals surface area contributed by atoms with Crippen LogP contribution in [0.3, 0.4) is 0 Å².